The SMILES string of the molecule is CC1=[C-]C(C)(C)c2cc3c(cc21)-c1cc2c(cc1C3)C(C)(C)C=C2C.CCC1[C-]=CC(C(C)(C)C)=C1.Cc1cc[c-]cc1.Cc1cc[c-]cc1.Cl.Cl.[CH2]=[Zr]. The van der Waals surface area contributed by atoms with Crippen LogP contribution < -0.4 is 0 Å². The van der Waals surface area contributed by atoms with Crippen LogP contribution >= 0.6 is 24.8 Å². The number of rotatable bonds is 1. The van der Waals surface area contributed by atoms with E-state index in [1.807, 2.05) is 48.5 Å². The first-order valence-electron chi connectivity index (χ1n) is 18.7. The molecule has 0 amide bonds. The fraction of sp³-hybridized carbons (Fsp3) is 0.353. The first-order chi connectivity index (χ1) is 24.5. The first-order valence-corrected chi connectivity index (χ1v) is 20.4. The molecule has 0 N–H and O–H groups in total. The predicted octanol–water partition coefficient (Wildman–Crippen LogP) is 14.2. The van der Waals surface area contributed by atoms with E-state index in [9.17, 15) is 0 Å². The Kier molecular flexibility index (Phi) is 17.4. The molecule has 4 aromatic carbocycles. The van der Waals surface area contributed by atoms with Crippen molar-refractivity contribution >= 4 is 40.2 Å². The van der Waals surface area contributed by atoms with Crippen molar-refractivity contribution < 1.29 is 24.2 Å². The Morgan fingerprint density at radius 1 is 0.722 bits per heavy atom. The summed E-state index contributed by atoms with van der Waals surface area (Å²) in [4.78, 5) is 0. The number of aryl methyl sites for hydroxylation is 2. The molecule has 4 aromatic rings. The van der Waals surface area contributed by atoms with Gasteiger partial charge in [-0.05, 0) is 58.4 Å². The molecule has 0 saturated heterocycles. The number of hydrogen-bond donors (Lipinski definition) is 0. The minimum absolute atomic E-state index is 0. The molecule has 0 aromatic heterocycles. The Morgan fingerprint density at radius 3 is 1.61 bits per heavy atom. The molecule has 0 fully saturated rings. The zero-order valence-corrected chi connectivity index (χ0v) is 38.8. The Morgan fingerprint density at radius 2 is 1.20 bits per heavy atom. The van der Waals surface area contributed by atoms with Crippen molar-refractivity contribution in [1.29, 1.82) is 0 Å². The second kappa shape index (κ2) is 19.9. The van der Waals surface area contributed by atoms with Gasteiger partial charge in [-0.2, -0.15) is 89.0 Å². The van der Waals surface area contributed by atoms with Gasteiger partial charge in [-0.25, -0.2) is 11.6 Å². The van der Waals surface area contributed by atoms with Crippen LogP contribution in [0, 0.1) is 49.5 Å². The van der Waals surface area contributed by atoms with Gasteiger partial charge in [0.25, 0.3) is 0 Å². The zero-order chi connectivity index (χ0) is 38.4. The average Bonchev–Trinajstić information content (AvgIpc) is 3.84. The van der Waals surface area contributed by atoms with Gasteiger partial charge in [0.1, 0.15) is 0 Å². The summed E-state index contributed by atoms with van der Waals surface area (Å²) in [6.07, 6.45) is 16.1. The third-order valence-electron chi connectivity index (χ3n) is 10.3. The second-order valence-corrected chi connectivity index (χ2v) is 16.6. The van der Waals surface area contributed by atoms with E-state index in [1.54, 1.807) is 0 Å². The van der Waals surface area contributed by atoms with Gasteiger partial charge in [0.2, 0.25) is 0 Å². The Balaban J connectivity index is 0.000000288. The van der Waals surface area contributed by atoms with Crippen LogP contribution in [0.15, 0.2) is 96.6 Å². The second-order valence-electron chi connectivity index (χ2n) is 16.6. The summed E-state index contributed by atoms with van der Waals surface area (Å²) in [5.41, 5.74) is 18.9. The predicted molar refractivity (Wildman–Crippen MR) is 237 cm³/mol. The van der Waals surface area contributed by atoms with Gasteiger partial charge < -0.3 is 0 Å². The molecular formula is C51H60Cl2Zr-4. The Hall–Kier alpha value is -2.83. The van der Waals surface area contributed by atoms with Crippen LogP contribution in [0.2, 0.25) is 0 Å². The molecule has 3 heteroatoms. The molecule has 0 heterocycles. The van der Waals surface area contributed by atoms with Gasteiger partial charge >= 0.3 is 28.4 Å². The fourth-order valence-corrected chi connectivity index (χ4v) is 7.43. The van der Waals surface area contributed by atoms with E-state index >= 15 is 0 Å². The van der Waals surface area contributed by atoms with E-state index in [2.05, 4.69) is 154 Å². The van der Waals surface area contributed by atoms with Crippen LogP contribution in [0.5, 0.6) is 0 Å². The first kappa shape index (κ1) is 47.3. The maximum atomic E-state index is 3.65. The quantitative estimate of drug-likeness (QED) is 0.148. The van der Waals surface area contributed by atoms with Crippen LogP contribution in [0.3, 0.4) is 0 Å². The third-order valence-corrected chi connectivity index (χ3v) is 10.3. The standard InChI is InChI=1S/C25H25.C11H17.2C7H7.CH2.2ClH.Zr/c1-14-12-24(3,4)22-8-16-7-17-9-23-19(15(2)13-25(23,5)6)11-21(17)20(16)10-18(14)22;1-5-9-6-7-10(8-9)11(2,3)4;2*1-7-5-3-2-4-6-7;;;;/h8-12H,7H2,1-6H3;7-9H,5H2,1-4H3;2*3-6H,1H3;1H2;2*1H;/q4*-1;;;;. The van der Waals surface area contributed by atoms with Crippen molar-refractivity contribution in [2.45, 2.75) is 107 Å². The Bertz CT molecular complexity index is 1860. The summed E-state index contributed by atoms with van der Waals surface area (Å²) in [5.74, 6) is 0.573. The van der Waals surface area contributed by atoms with Crippen LogP contribution in [0.25, 0.3) is 22.3 Å². The normalized spacial score (nSPS) is 16.7. The van der Waals surface area contributed by atoms with Crippen LogP contribution in [0.4, 0.5) is 0 Å². The van der Waals surface area contributed by atoms with E-state index in [0.717, 1.165) is 6.42 Å². The number of fused-ring (bicyclic) bond motifs is 5. The molecule has 1 unspecified atom stereocenters. The number of halogens is 2. The molecule has 0 spiro atoms. The van der Waals surface area contributed by atoms with Crippen LogP contribution in [-0.4, -0.2) is 4.21 Å². The van der Waals surface area contributed by atoms with Crippen molar-refractivity contribution in [3.05, 3.63) is 165 Å². The summed E-state index contributed by atoms with van der Waals surface area (Å²) < 4.78 is 3.34. The van der Waals surface area contributed by atoms with Crippen molar-refractivity contribution in [1.82, 2.24) is 0 Å². The van der Waals surface area contributed by atoms with Gasteiger partial charge in [0.15, 0.2) is 0 Å². The van der Waals surface area contributed by atoms with Crippen LogP contribution in [-0.2, 0) is 41.5 Å². The number of allylic oxidation sites excluding steroid dienone is 8. The molecule has 0 radical (unpaired) electrons. The molecule has 54 heavy (non-hydrogen) atoms. The molecule has 286 valence electrons. The third kappa shape index (κ3) is 11.4. The monoisotopic (exact) mass is 832 g/mol. The van der Waals surface area contributed by atoms with Crippen LogP contribution in [0.1, 0.15) is 120 Å². The van der Waals surface area contributed by atoms with E-state index in [1.165, 1.54) is 103 Å². The Labute approximate surface area is 356 Å². The molecule has 1 atom stereocenters. The van der Waals surface area contributed by atoms with Crippen molar-refractivity contribution in [3.8, 4) is 11.1 Å². The molecule has 8 rings (SSSR count). The molecule has 0 bridgehead atoms. The van der Waals surface area contributed by atoms with E-state index in [-0.39, 0.29) is 35.6 Å². The molecular weight excluding hydrogens is 775 g/mol. The van der Waals surface area contributed by atoms with Crippen molar-refractivity contribution in [2.24, 2.45) is 11.3 Å². The summed E-state index contributed by atoms with van der Waals surface area (Å²) in [6.45, 7) is 26.7. The molecule has 0 nitrogen and oxygen atoms in total. The van der Waals surface area contributed by atoms with Crippen molar-refractivity contribution in [2.75, 3.05) is 0 Å². The summed E-state index contributed by atoms with van der Waals surface area (Å²) in [5, 5.41) is 0. The molecule has 4 aliphatic carbocycles. The van der Waals surface area contributed by atoms with E-state index in [0.29, 0.717) is 11.3 Å². The van der Waals surface area contributed by atoms with Gasteiger partial charge in [-0.1, -0.05) is 118 Å². The van der Waals surface area contributed by atoms with Gasteiger partial charge in [-0.3, -0.25) is 12.2 Å². The minimum atomic E-state index is 0. The van der Waals surface area contributed by atoms with Gasteiger partial charge in [0.05, 0.1) is 0 Å². The van der Waals surface area contributed by atoms with Gasteiger partial charge in [-0.15, -0.1) is 36.4 Å². The summed E-state index contributed by atoms with van der Waals surface area (Å²) in [7, 11) is 0. The van der Waals surface area contributed by atoms with Gasteiger partial charge in [0, 0.05) is 5.41 Å². The van der Waals surface area contributed by atoms with E-state index < -0.39 is 0 Å². The number of hydrogen-bond acceptors (Lipinski definition) is 0. The molecule has 0 saturated carbocycles. The van der Waals surface area contributed by atoms with E-state index in [4.69, 9.17) is 0 Å². The topological polar surface area (TPSA) is 0 Å². The molecule has 0 aliphatic heterocycles. The number of benzene rings is 4. The maximum absolute atomic E-state index is 3.65. The zero-order valence-electron chi connectivity index (χ0n) is 34.7. The fourth-order valence-electron chi connectivity index (χ4n) is 7.43. The summed E-state index contributed by atoms with van der Waals surface area (Å²) in [6, 6.07) is 31.4. The average molecular weight is 835 g/mol. The van der Waals surface area contributed by atoms with Crippen molar-refractivity contribution in [3.63, 3.8) is 0 Å². The summed E-state index contributed by atoms with van der Waals surface area (Å²) >= 11 is 1.30. The molecule has 4 aliphatic rings.